The van der Waals surface area contributed by atoms with E-state index in [2.05, 4.69) is 10.6 Å². The van der Waals surface area contributed by atoms with Crippen LogP contribution in [0.4, 0.5) is 10.7 Å². The zero-order valence-corrected chi connectivity index (χ0v) is 16.6. The molecule has 1 heterocycles. The third kappa shape index (κ3) is 4.39. The molecular formula is C18H20N2O4S2. The van der Waals surface area contributed by atoms with E-state index in [1.54, 1.807) is 31.2 Å². The lowest BCUT2D eigenvalue weighted by Crippen LogP contribution is -2.22. The van der Waals surface area contributed by atoms with Crippen LogP contribution in [0.2, 0.25) is 0 Å². The highest BCUT2D eigenvalue weighted by molar-refractivity contribution is 7.80. The van der Waals surface area contributed by atoms with Crippen molar-refractivity contribution < 1.29 is 19.1 Å². The number of thiophene rings is 1. The Bertz CT molecular complexity index is 846. The molecule has 1 aromatic carbocycles. The molecule has 2 rings (SSSR count). The first kappa shape index (κ1) is 19.9. The molecule has 0 atom stereocenters. The lowest BCUT2D eigenvalue weighted by molar-refractivity contribution is 0.0526. The molecule has 0 amide bonds. The average Bonchev–Trinajstić information content (AvgIpc) is 2.88. The summed E-state index contributed by atoms with van der Waals surface area (Å²) in [5.41, 5.74) is 2.20. The van der Waals surface area contributed by atoms with E-state index in [0.717, 1.165) is 10.4 Å². The van der Waals surface area contributed by atoms with Crippen LogP contribution < -0.4 is 10.6 Å². The molecule has 0 fully saturated rings. The number of thiocarbonyl (C=S) groups is 1. The van der Waals surface area contributed by atoms with E-state index in [4.69, 9.17) is 21.7 Å². The van der Waals surface area contributed by atoms with Crippen molar-refractivity contribution in [2.75, 3.05) is 24.4 Å². The molecule has 0 aliphatic rings. The number of methoxy groups -OCH3 is 1. The van der Waals surface area contributed by atoms with Gasteiger partial charge in [-0.3, -0.25) is 0 Å². The Morgan fingerprint density at radius 1 is 1.15 bits per heavy atom. The summed E-state index contributed by atoms with van der Waals surface area (Å²) in [6, 6.07) is 6.91. The Morgan fingerprint density at radius 3 is 2.50 bits per heavy atom. The lowest BCUT2D eigenvalue weighted by Gasteiger charge is -2.13. The first-order valence-electron chi connectivity index (χ1n) is 7.91. The largest absolute Gasteiger partial charge is 0.465 e. The minimum atomic E-state index is -0.434. The minimum Gasteiger partial charge on any atom is -0.465 e. The van der Waals surface area contributed by atoms with Crippen molar-refractivity contribution in [1.29, 1.82) is 0 Å². The Balaban J connectivity index is 2.22. The smallest absolute Gasteiger partial charge is 0.341 e. The summed E-state index contributed by atoms with van der Waals surface area (Å²) in [5.74, 6) is -0.861. The molecule has 0 saturated carbocycles. The molecule has 8 heteroatoms. The Morgan fingerprint density at radius 2 is 1.85 bits per heavy atom. The maximum absolute atomic E-state index is 12.1. The molecule has 0 unspecified atom stereocenters. The van der Waals surface area contributed by atoms with E-state index in [-0.39, 0.29) is 11.7 Å². The van der Waals surface area contributed by atoms with Gasteiger partial charge in [0.1, 0.15) is 5.00 Å². The quantitative estimate of drug-likeness (QED) is 0.585. The zero-order chi connectivity index (χ0) is 19.3. The highest BCUT2D eigenvalue weighted by Gasteiger charge is 2.21. The Kier molecular flexibility index (Phi) is 6.70. The van der Waals surface area contributed by atoms with Crippen LogP contribution in [0.3, 0.4) is 0 Å². The van der Waals surface area contributed by atoms with E-state index in [1.807, 2.05) is 13.8 Å². The van der Waals surface area contributed by atoms with E-state index in [9.17, 15) is 9.59 Å². The number of carbonyl (C=O) groups is 2. The van der Waals surface area contributed by atoms with Crippen molar-refractivity contribution in [3.8, 4) is 0 Å². The first-order valence-corrected chi connectivity index (χ1v) is 9.13. The van der Waals surface area contributed by atoms with Gasteiger partial charge in [0.25, 0.3) is 0 Å². The van der Waals surface area contributed by atoms with E-state index in [0.29, 0.717) is 21.8 Å². The van der Waals surface area contributed by atoms with Crippen LogP contribution in [-0.4, -0.2) is 30.8 Å². The second-order valence-corrected chi connectivity index (χ2v) is 6.96. The van der Waals surface area contributed by atoms with Crippen molar-refractivity contribution >= 4 is 51.3 Å². The van der Waals surface area contributed by atoms with Gasteiger partial charge >= 0.3 is 11.9 Å². The number of benzene rings is 1. The molecule has 2 aromatic rings. The molecule has 6 nitrogen and oxygen atoms in total. The number of anilines is 2. The second kappa shape index (κ2) is 8.77. The van der Waals surface area contributed by atoms with Crippen molar-refractivity contribution in [1.82, 2.24) is 0 Å². The SMILES string of the molecule is CCOC(=O)c1ccccc1NC(=S)Nc1sc(C)c(C)c1C(=O)OC. The summed E-state index contributed by atoms with van der Waals surface area (Å²) in [6.07, 6.45) is 0. The molecule has 2 N–H and O–H groups in total. The molecule has 0 aliphatic heterocycles. The molecule has 0 radical (unpaired) electrons. The summed E-state index contributed by atoms with van der Waals surface area (Å²) in [4.78, 5) is 25.1. The maximum atomic E-state index is 12.1. The number of nitrogens with one attached hydrogen (secondary N) is 2. The lowest BCUT2D eigenvalue weighted by atomic mass is 10.1. The Labute approximate surface area is 161 Å². The van der Waals surface area contributed by atoms with Gasteiger partial charge in [0.15, 0.2) is 5.11 Å². The summed E-state index contributed by atoms with van der Waals surface area (Å²) < 4.78 is 9.90. The molecule has 0 spiro atoms. The number of ether oxygens (including phenoxy) is 2. The average molecular weight is 393 g/mol. The van der Waals surface area contributed by atoms with Crippen LogP contribution in [0.15, 0.2) is 24.3 Å². The van der Waals surface area contributed by atoms with Gasteiger partial charge in [0.05, 0.1) is 30.5 Å². The van der Waals surface area contributed by atoms with Crippen molar-refractivity contribution in [3.05, 3.63) is 45.8 Å². The van der Waals surface area contributed by atoms with Crippen LogP contribution in [0.25, 0.3) is 0 Å². The number of para-hydroxylation sites is 1. The molecule has 0 aliphatic carbocycles. The fraction of sp³-hybridized carbons (Fsp3) is 0.278. The highest BCUT2D eigenvalue weighted by Crippen LogP contribution is 2.33. The van der Waals surface area contributed by atoms with Crippen LogP contribution in [0, 0.1) is 13.8 Å². The predicted molar refractivity (Wildman–Crippen MR) is 107 cm³/mol. The predicted octanol–water partition coefficient (Wildman–Crippen LogP) is 4.14. The summed E-state index contributed by atoms with van der Waals surface area (Å²) in [6.45, 7) is 5.81. The molecule has 138 valence electrons. The zero-order valence-electron chi connectivity index (χ0n) is 15.0. The van der Waals surface area contributed by atoms with Gasteiger partial charge in [-0.15, -0.1) is 11.3 Å². The number of rotatable bonds is 5. The normalized spacial score (nSPS) is 10.2. The van der Waals surface area contributed by atoms with Crippen molar-refractivity contribution in [2.24, 2.45) is 0 Å². The molecule has 1 aromatic heterocycles. The van der Waals surface area contributed by atoms with Crippen molar-refractivity contribution in [3.63, 3.8) is 0 Å². The van der Waals surface area contributed by atoms with Gasteiger partial charge in [0, 0.05) is 4.88 Å². The summed E-state index contributed by atoms with van der Waals surface area (Å²) >= 11 is 6.76. The fourth-order valence-corrected chi connectivity index (χ4v) is 3.63. The van der Waals surface area contributed by atoms with Gasteiger partial charge in [-0.1, -0.05) is 12.1 Å². The minimum absolute atomic E-state index is 0.258. The topological polar surface area (TPSA) is 76.7 Å². The molecule has 0 bridgehead atoms. The summed E-state index contributed by atoms with van der Waals surface area (Å²) in [7, 11) is 1.34. The van der Waals surface area contributed by atoms with E-state index >= 15 is 0 Å². The third-order valence-electron chi connectivity index (χ3n) is 3.67. The van der Waals surface area contributed by atoms with Gasteiger partial charge in [-0.25, -0.2) is 9.59 Å². The highest BCUT2D eigenvalue weighted by atomic mass is 32.1. The molecule has 0 saturated heterocycles. The number of hydrogen-bond donors (Lipinski definition) is 2. The van der Waals surface area contributed by atoms with Crippen LogP contribution in [-0.2, 0) is 9.47 Å². The van der Waals surface area contributed by atoms with Gasteiger partial charge < -0.3 is 20.1 Å². The Hall–Kier alpha value is -2.45. The standard InChI is InChI=1S/C18H20N2O4S2/c1-5-24-16(21)12-8-6-7-9-13(12)19-18(25)20-15-14(17(22)23-4)10(2)11(3)26-15/h6-9H,5H2,1-4H3,(H2,19,20,25). The van der Waals surface area contributed by atoms with Crippen molar-refractivity contribution in [2.45, 2.75) is 20.8 Å². The number of hydrogen-bond acceptors (Lipinski definition) is 6. The monoisotopic (exact) mass is 392 g/mol. The molecular weight excluding hydrogens is 372 g/mol. The van der Waals surface area contributed by atoms with E-state index < -0.39 is 11.9 Å². The van der Waals surface area contributed by atoms with E-state index in [1.165, 1.54) is 18.4 Å². The fourth-order valence-electron chi connectivity index (χ4n) is 2.30. The van der Waals surface area contributed by atoms with Gasteiger partial charge in [0.2, 0.25) is 0 Å². The first-order chi connectivity index (χ1) is 12.4. The van der Waals surface area contributed by atoms with Gasteiger partial charge in [-0.05, 0) is 50.7 Å². The maximum Gasteiger partial charge on any atom is 0.341 e. The van der Waals surface area contributed by atoms with Crippen LogP contribution >= 0.6 is 23.6 Å². The number of carbonyl (C=O) groups excluding carboxylic acids is 2. The van der Waals surface area contributed by atoms with Gasteiger partial charge in [-0.2, -0.15) is 0 Å². The number of aryl methyl sites for hydroxylation is 1. The molecule has 26 heavy (non-hydrogen) atoms. The number of esters is 2. The van der Waals surface area contributed by atoms with Crippen LogP contribution in [0.1, 0.15) is 38.1 Å². The third-order valence-corrected chi connectivity index (χ3v) is 5.00. The second-order valence-electron chi connectivity index (χ2n) is 5.32. The summed E-state index contributed by atoms with van der Waals surface area (Å²) in [5, 5.41) is 6.86. The van der Waals surface area contributed by atoms with Crippen LogP contribution in [0.5, 0.6) is 0 Å².